The molecular formula is C15H10Br2FNO. The third-order valence-electron chi connectivity index (χ3n) is 2.53. The molecular weight excluding hydrogens is 389 g/mol. The normalized spacial score (nSPS) is 10.8. The van der Waals surface area contributed by atoms with Gasteiger partial charge in [-0.3, -0.25) is 4.79 Å². The molecule has 2 aromatic carbocycles. The molecule has 0 fully saturated rings. The second-order valence-corrected chi connectivity index (χ2v) is 5.74. The van der Waals surface area contributed by atoms with Crippen LogP contribution < -0.4 is 5.32 Å². The Labute approximate surface area is 133 Å². The van der Waals surface area contributed by atoms with Gasteiger partial charge in [-0.2, -0.15) is 0 Å². The molecule has 1 N–H and O–H groups in total. The number of anilines is 1. The zero-order chi connectivity index (χ0) is 14.5. The number of hydrogen-bond acceptors (Lipinski definition) is 2. The molecule has 0 aromatic heterocycles. The van der Waals surface area contributed by atoms with E-state index in [0.717, 1.165) is 4.47 Å². The lowest BCUT2D eigenvalue weighted by Gasteiger charge is -2.03. The van der Waals surface area contributed by atoms with Gasteiger partial charge in [0.2, 0.25) is 0 Å². The Balaban J connectivity index is 2.02. The molecule has 0 saturated carbocycles. The summed E-state index contributed by atoms with van der Waals surface area (Å²) >= 11 is 6.55. The van der Waals surface area contributed by atoms with Gasteiger partial charge in [0.1, 0.15) is 5.82 Å². The summed E-state index contributed by atoms with van der Waals surface area (Å²) in [5.41, 5.74) is 1.29. The number of hydrogen-bond donors (Lipinski definition) is 1. The molecule has 2 rings (SSSR count). The summed E-state index contributed by atoms with van der Waals surface area (Å²) in [6.07, 6.45) is 2.96. The van der Waals surface area contributed by atoms with Crippen molar-refractivity contribution < 1.29 is 9.18 Å². The molecule has 0 saturated heterocycles. The zero-order valence-electron chi connectivity index (χ0n) is 10.2. The molecule has 0 heterocycles. The molecule has 20 heavy (non-hydrogen) atoms. The number of ketones is 1. The summed E-state index contributed by atoms with van der Waals surface area (Å²) < 4.78 is 14.4. The van der Waals surface area contributed by atoms with Gasteiger partial charge >= 0.3 is 0 Å². The lowest BCUT2D eigenvalue weighted by Crippen LogP contribution is -1.96. The summed E-state index contributed by atoms with van der Waals surface area (Å²) in [5.74, 6) is -0.430. The number of nitrogens with one attached hydrogen (secondary N) is 1. The van der Waals surface area contributed by atoms with Gasteiger partial charge in [-0.25, -0.2) is 4.39 Å². The Morgan fingerprint density at radius 2 is 1.80 bits per heavy atom. The van der Waals surface area contributed by atoms with E-state index >= 15 is 0 Å². The van der Waals surface area contributed by atoms with E-state index in [9.17, 15) is 9.18 Å². The molecule has 2 nitrogen and oxygen atoms in total. The number of carbonyl (C=O) groups excluding carboxylic acids is 1. The van der Waals surface area contributed by atoms with E-state index in [-0.39, 0.29) is 11.6 Å². The molecule has 0 atom stereocenters. The molecule has 0 aliphatic heterocycles. The van der Waals surface area contributed by atoms with Crippen molar-refractivity contribution in [3.05, 3.63) is 75.1 Å². The molecule has 0 bridgehead atoms. The predicted octanol–water partition coefficient (Wildman–Crippen LogP) is 5.16. The van der Waals surface area contributed by atoms with Crippen LogP contribution in [0.15, 0.2) is 63.7 Å². The first kappa shape index (κ1) is 14.9. The van der Waals surface area contributed by atoms with Gasteiger partial charge in [0.05, 0.1) is 5.69 Å². The molecule has 2 aromatic rings. The van der Waals surface area contributed by atoms with E-state index in [4.69, 9.17) is 0 Å². The van der Waals surface area contributed by atoms with Gasteiger partial charge in [0, 0.05) is 26.8 Å². The number of halogens is 3. The quantitative estimate of drug-likeness (QED) is 0.569. The summed E-state index contributed by atoms with van der Waals surface area (Å²) in [6, 6.07) is 11.4. The van der Waals surface area contributed by atoms with Crippen LogP contribution in [0.5, 0.6) is 0 Å². The average molecular weight is 399 g/mol. The van der Waals surface area contributed by atoms with E-state index in [0.29, 0.717) is 15.7 Å². The minimum atomic E-state index is -0.322. The summed E-state index contributed by atoms with van der Waals surface area (Å²) in [7, 11) is 0. The van der Waals surface area contributed by atoms with Crippen molar-refractivity contribution in [1.82, 2.24) is 0 Å². The van der Waals surface area contributed by atoms with Crippen LogP contribution in [0.25, 0.3) is 0 Å². The number of benzene rings is 2. The predicted molar refractivity (Wildman–Crippen MR) is 85.3 cm³/mol. The van der Waals surface area contributed by atoms with Crippen molar-refractivity contribution in [2.75, 3.05) is 5.32 Å². The first-order valence-electron chi connectivity index (χ1n) is 5.74. The van der Waals surface area contributed by atoms with Crippen LogP contribution in [0.1, 0.15) is 10.4 Å². The molecule has 0 aliphatic rings. The largest absolute Gasteiger partial charge is 0.361 e. The minimum Gasteiger partial charge on any atom is -0.361 e. The topological polar surface area (TPSA) is 29.1 Å². The molecule has 0 spiro atoms. The van der Waals surface area contributed by atoms with Gasteiger partial charge in [-0.1, -0.05) is 15.9 Å². The zero-order valence-corrected chi connectivity index (χ0v) is 13.4. The third kappa shape index (κ3) is 4.02. The van der Waals surface area contributed by atoms with Crippen LogP contribution in [0, 0.1) is 5.82 Å². The fourth-order valence-corrected chi connectivity index (χ4v) is 2.25. The van der Waals surface area contributed by atoms with Crippen molar-refractivity contribution in [2.24, 2.45) is 0 Å². The fourth-order valence-electron chi connectivity index (χ4n) is 1.52. The Hall–Kier alpha value is -1.46. The molecule has 5 heteroatoms. The Bertz CT molecular complexity index is 653. The van der Waals surface area contributed by atoms with E-state index in [1.807, 2.05) is 12.1 Å². The van der Waals surface area contributed by atoms with Crippen LogP contribution in [0.2, 0.25) is 0 Å². The first-order chi connectivity index (χ1) is 9.56. The summed E-state index contributed by atoms with van der Waals surface area (Å²) in [5, 5.41) is 2.93. The van der Waals surface area contributed by atoms with Gasteiger partial charge in [0.25, 0.3) is 0 Å². The Morgan fingerprint density at radius 1 is 1.10 bits per heavy atom. The van der Waals surface area contributed by atoms with Crippen LogP contribution >= 0.6 is 31.9 Å². The number of rotatable bonds is 4. The van der Waals surface area contributed by atoms with Crippen molar-refractivity contribution >= 4 is 43.3 Å². The summed E-state index contributed by atoms with van der Waals surface area (Å²) in [4.78, 5) is 11.9. The Morgan fingerprint density at radius 3 is 2.45 bits per heavy atom. The highest BCUT2D eigenvalue weighted by Crippen LogP contribution is 2.23. The van der Waals surface area contributed by atoms with Crippen molar-refractivity contribution in [3.63, 3.8) is 0 Å². The van der Waals surface area contributed by atoms with Gasteiger partial charge < -0.3 is 5.32 Å². The average Bonchev–Trinajstić information content (AvgIpc) is 2.42. The highest BCUT2D eigenvalue weighted by Gasteiger charge is 2.02. The molecule has 0 radical (unpaired) electrons. The summed E-state index contributed by atoms with van der Waals surface area (Å²) in [6.45, 7) is 0. The molecule has 0 unspecified atom stereocenters. The van der Waals surface area contributed by atoms with E-state index in [2.05, 4.69) is 37.2 Å². The van der Waals surface area contributed by atoms with Crippen molar-refractivity contribution in [1.29, 1.82) is 0 Å². The SMILES string of the molecule is O=C(/C=C/Nc1ccc(F)cc1Br)c1ccc(Br)cc1. The molecule has 102 valence electrons. The first-order valence-corrected chi connectivity index (χ1v) is 7.33. The van der Waals surface area contributed by atoms with Crippen molar-refractivity contribution in [3.8, 4) is 0 Å². The second kappa shape index (κ2) is 6.81. The number of carbonyl (C=O) groups is 1. The fraction of sp³-hybridized carbons (Fsp3) is 0. The van der Waals surface area contributed by atoms with Crippen molar-refractivity contribution in [2.45, 2.75) is 0 Å². The van der Waals surface area contributed by atoms with E-state index in [1.165, 1.54) is 24.4 Å². The lowest BCUT2D eigenvalue weighted by molar-refractivity contribution is 0.104. The van der Waals surface area contributed by atoms with Crippen LogP contribution in [0.3, 0.4) is 0 Å². The minimum absolute atomic E-state index is 0.108. The molecule has 0 amide bonds. The van der Waals surface area contributed by atoms with E-state index < -0.39 is 0 Å². The van der Waals surface area contributed by atoms with Crippen LogP contribution in [-0.2, 0) is 0 Å². The van der Waals surface area contributed by atoms with Gasteiger partial charge in [-0.15, -0.1) is 0 Å². The highest BCUT2D eigenvalue weighted by atomic mass is 79.9. The van der Waals surface area contributed by atoms with Crippen LogP contribution in [-0.4, -0.2) is 5.78 Å². The van der Waals surface area contributed by atoms with Gasteiger partial charge in [-0.05, 0) is 58.4 Å². The smallest absolute Gasteiger partial charge is 0.187 e. The molecule has 0 aliphatic carbocycles. The Kier molecular flexibility index (Phi) is 5.09. The monoisotopic (exact) mass is 397 g/mol. The standard InChI is InChI=1S/C15H10Br2FNO/c16-11-3-1-10(2-4-11)15(20)7-8-19-14-6-5-12(18)9-13(14)17/h1-9,19H/b8-7+. The van der Waals surface area contributed by atoms with Gasteiger partial charge in [0.15, 0.2) is 5.78 Å². The highest BCUT2D eigenvalue weighted by molar-refractivity contribution is 9.10. The maximum atomic E-state index is 12.9. The van der Waals surface area contributed by atoms with Crippen LogP contribution in [0.4, 0.5) is 10.1 Å². The van der Waals surface area contributed by atoms with E-state index in [1.54, 1.807) is 18.2 Å². The lowest BCUT2D eigenvalue weighted by atomic mass is 10.1. The third-order valence-corrected chi connectivity index (χ3v) is 3.72. The maximum absolute atomic E-state index is 12.9. The second-order valence-electron chi connectivity index (χ2n) is 3.97. The maximum Gasteiger partial charge on any atom is 0.187 e. The number of allylic oxidation sites excluding steroid dienone is 1.